The Labute approximate surface area is 413 Å². The van der Waals surface area contributed by atoms with E-state index in [1.54, 1.807) is 24.3 Å². The lowest BCUT2D eigenvalue weighted by atomic mass is 9.67. The summed E-state index contributed by atoms with van der Waals surface area (Å²) in [5.41, 5.74) is 16.4. The molecule has 11 heteroatoms. The molecule has 6 nitrogen and oxygen atoms in total. The van der Waals surface area contributed by atoms with E-state index in [1.165, 1.54) is 17.1 Å². The summed E-state index contributed by atoms with van der Waals surface area (Å²) in [5.74, 6) is 5.55. The summed E-state index contributed by atoms with van der Waals surface area (Å²) in [6.07, 6.45) is 24.9. The molecule has 7 rings (SSSR count). The molecule has 6 radical (unpaired) electrons. The first-order valence-electron chi connectivity index (χ1n) is 23.1. The summed E-state index contributed by atoms with van der Waals surface area (Å²) in [6, 6.07) is 21.2. The second-order valence-corrected chi connectivity index (χ2v) is 16.8. The van der Waals surface area contributed by atoms with E-state index < -0.39 is 0 Å². The monoisotopic (exact) mass is 891 g/mol. The fourth-order valence-corrected chi connectivity index (χ4v) is 8.93. The van der Waals surface area contributed by atoms with Gasteiger partial charge in [-0.05, 0) is 76.2 Å². The molecule has 0 fully saturated rings. The van der Waals surface area contributed by atoms with E-state index in [1.807, 2.05) is 101 Å². The molecule has 3 aromatic carbocycles. The molecule has 0 atom stereocenters. The minimum absolute atomic E-state index is 0.283. The highest BCUT2D eigenvalue weighted by Gasteiger charge is 2.38. The molecule has 0 amide bonds. The van der Waals surface area contributed by atoms with Crippen LogP contribution in [0.1, 0.15) is 71.8 Å². The van der Waals surface area contributed by atoms with E-state index in [2.05, 4.69) is 128 Å². The molecule has 0 spiro atoms. The Morgan fingerprint density at radius 3 is 2.13 bits per heavy atom. The fraction of sp³-hybridized carbons (Fsp3) is 0.138. The van der Waals surface area contributed by atoms with Crippen molar-refractivity contribution in [3.05, 3.63) is 211 Å². The maximum absolute atomic E-state index is 6.57. The van der Waals surface area contributed by atoms with Gasteiger partial charge in [-0.1, -0.05) is 182 Å². The third-order valence-electron chi connectivity index (χ3n) is 12.3. The minimum atomic E-state index is -0.283. The lowest BCUT2D eigenvalue weighted by molar-refractivity contribution is 0.618. The van der Waals surface area contributed by atoms with Gasteiger partial charge in [-0.2, -0.15) is 0 Å². The topological polar surface area (TPSA) is 69.6 Å². The summed E-state index contributed by atoms with van der Waals surface area (Å²) in [5, 5.41) is 0. The summed E-state index contributed by atoms with van der Waals surface area (Å²) < 4.78 is 8.81. The summed E-state index contributed by atoms with van der Waals surface area (Å²) in [6.45, 7) is 31.0. The Balaban J connectivity index is 1.37. The van der Waals surface area contributed by atoms with Crippen LogP contribution in [0.2, 0.25) is 27.3 Å². The van der Waals surface area contributed by atoms with E-state index in [4.69, 9.17) is 32.2 Å². The summed E-state index contributed by atoms with van der Waals surface area (Å²) in [4.78, 5) is 19.9. The first-order chi connectivity index (χ1) is 33.5. The number of oxazole rings is 1. The largest absolute Gasteiger partial charge is 0.435 e. The quantitative estimate of drug-likeness (QED) is 0.0598. The van der Waals surface area contributed by atoms with Crippen molar-refractivity contribution in [2.24, 2.45) is 0 Å². The third kappa shape index (κ3) is 9.96. The van der Waals surface area contributed by atoms with Gasteiger partial charge in [0.1, 0.15) is 27.9 Å². The Bertz CT molecular complexity index is 3230. The maximum Gasteiger partial charge on any atom is 0.227 e. The molecule has 69 heavy (non-hydrogen) atoms. The molecule has 332 valence electrons. The van der Waals surface area contributed by atoms with Crippen LogP contribution in [-0.2, 0) is 5.41 Å². The van der Waals surface area contributed by atoms with Gasteiger partial charge >= 0.3 is 0 Å². The molecule has 0 unspecified atom stereocenters. The number of fused-ring (bicyclic) bond motifs is 5. The smallest absolute Gasteiger partial charge is 0.227 e. The average Bonchev–Trinajstić information content (AvgIpc) is 4.01. The number of rotatable bonds is 19. The summed E-state index contributed by atoms with van der Waals surface area (Å²) >= 11 is 0. The van der Waals surface area contributed by atoms with Gasteiger partial charge in [0, 0.05) is 38.9 Å². The van der Waals surface area contributed by atoms with Crippen LogP contribution in [-0.4, -0.2) is 61.5 Å². The van der Waals surface area contributed by atoms with Gasteiger partial charge in [-0.3, -0.25) is 0 Å². The van der Waals surface area contributed by atoms with Crippen LogP contribution in [0.15, 0.2) is 164 Å². The highest BCUT2D eigenvalue weighted by Crippen LogP contribution is 2.52. The molecule has 0 N–H and O–H groups in total. The van der Waals surface area contributed by atoms with E-state index in [0.717, 1.165) is 78.0 Å². The molecule has 3 heterocycles. The molecular formula is C58H54B5N5O. The minimum Gasteiger partial charge on any atom is -0.435 e. The van der Waals surface area contributed by atoms with Gasteiger partial charge in [0.15, 0.2) is 37.6 Å². The predicted octanol–water partition coefficient (Wildman–Crippen LogP) is 13.0. The lowest BCUT2D eigenvalue weighted by Gasteiger charge is -2.22. The normalized spacial score (nSPS) is 14.1. The van der Waals surface area contributed by atoms with Crippen LogP contribution in [0, 0.1) is 0 Å². The Hall–Kier alpha value is -7.38. The van der Waals surface area contributed by atoms with Crippen molar-refractivity contribution in [2.75, 3.05) is 0 Å². The van der Waals surface area contributed by atoms with Gasteiger partial charge in [-0.25, -0.2) is 19.9 Å². The number of nitrogens with zero attached hydrogens (tertiary/aromatic N) is 5. The van der Waals surface area contributed by atoms with Crippen molar-refractivity contribution >= 4 is 99.7 Å². The molecule has 1 aliphatic rings. The van der Waals surface area contributed by atoms with Gasteiger partial charge in [0.25, 0.3) is 0 Å². The predicted molar refractivity (Wildman–Crippen MR) is 303 cm³/mol. The molecule has 0 aliphatic heterocycles. The van der Waals surface area contributed by atoms with Crippen molar-refractivity contribution in [1.29, 1.82) is 0 Å². The average molecular weight is 891 g/mol. The molecule has 3 aromatic heterocycles. The number of hydrogen-bond donors (Lipinski definition) is 0. The van der Waals surface area contributed by atoms with Crippen LogP contribution in [0.4, 0.5) is 0 Å². The van der Waals surface area contributed by atoms with Crippen LogP contribution in [0.25, 0.3) is 79.7 Å². The van der Waals surface area contributed by atoms with Crippen molar-refractivity contribution < 1.29 is 4.42 Å². The number of aromatic nitrogens is 5. The number of allylic oxidation sites excluding steroid dienone is 13. The fourth-order valence-electron chi connectivity index (χ4n) is 8.93. The van der Waals surface area contributed by atoms with Crippen LogP contribution < -0.4 is 5.59 Å². The molecule has 0 saturated heterocycles. The van der Waals surface area contributed by atoms with Crippen molar-refractivity contribution in [3.63, 3.8) is 0 Å². The van der Waals surface area contributed by atoms with Crippen molar-refractivity contribution in [3.8, 4) is 22.6 Å². The van der Waals surface area contributed by atoms with E-state index in [-0.39, 0.29) is 5.41 Å². The van der Waals surface area contributed by atoms with Crippen LogP contribution in [0.5, 0.6) is 0 Å². The Morgan fingerprint density at radius 1 is 0.754 bits per heavy atom. The first-order valence-corrected chi connectivity index (χ1v) is 23.1. The van der Waals surface area contributed by atoms with Crippen LogP contribution >= 0.6 is 0 Å². The van der Waals surface area contributed by atoms with E-state index >= 15 is 0 Å². The second-order valence-electron chi connectivity index (χ2n) is 16.8. The zero-order chi connectivity index (χ0) is 49.2. The van der Waals surface area contributed by atoms with E-state index in [0.29, 0.717) is 28.9 Å². The number of hydrogen-bond acceptors (Lipinski definition) is 5. The molecule has 0 bridgehead atoms. The number of benzene rings is 3. The van der Waals surface area contributed by atoms with Crippen molar-refractivity contribution in [1.82, 2.24) is 24.5 Å². The molecule has 1 aliphatic carbocycles. The summed E-state index contributed by atoms with van der Waals surface area (Å²) in [7, 11) is 14.0. The Morgan fingerprint density at radius 2 is 1.48 bits per heavy atom. The highest BCUT2D eigenvalue weighted by molar-refractivity contribution is 6.62. The first kappa shape index (κ1) is 49.5. The van der Waals surface area contributed by atoms with Gasteiger partial charge in [-0.15, -0.1) is 12.0 Å². The standard InChI is InChI=1S/C58H54B5N5O/c1-12-16-19-27-47(61-9)56-66-54(38(14-3)25-22-32-59)65-55(67-56)41(36-60-8)33-37(5)68-50(15-4)44(42(26-17-13-2)53(68)63-11)35-48(62-10)40-28-29-43-46(34-40)58(6,7)45-30-31-49-52(51(43)45)69-57(64-49)39-23-20-18-21-24-39/h12-36H,1-4H2,5-11H3/b19-16-,26-17-,32-22-,37-33+,38-25+,41-36+,47-27-,48-35-. The highest BCUT2D eigenvalue weighted by atomic mass is 16.3. The zero-order valence-corrected chi connectivity index (χ0v) is 40.8. The second kappa shape index (κ2) is 22.2. The molecule has 6 aromatic rings. The zero-order valence-electron chi connectivity index (χ0n) is 40.8. The van der Waals surface area contributed by atoms with E-state index in [9.17, 15) is 0 Å². The molecular weight excluding hydrogens is 837 g/mol. The molecule has 0 saturated carbocycles. The van der Waals surface area contributed by atoms with Crippen molar-refractivity contribution in [2.45, 2.75) is 53.5 Å². The maximum atomic E-state index is 6.57. The van der Waals surface area contributed by atoms with Crippen LogP contribution in [0.3, 0.4) is 0 Å². The SMILES string of the molecule is [B]/C=C\C=C(/C=C)c1nc(/C([B]C)=C/C=C\C=C)nc(C(=C/[B]C)/C=C(\C)n2c([B]C)c(/C=C\C=C)c(/C=C(\[B]C)c3ccc4c(c3)C(C)(C)c3ccc5nc(-c6ccccc6)oc5c3-4)c2C=C)n1. The van der Waals surface area contributed by atoms with Gasteiger partial charge in [0.05, 0.1) is 5.69 Å². The third-order valence-corrected chi connectivity index (χ3v) is 12.3. The van der Waals surface area contributed by atoms with Gasteiger partial charge < -0.3 is 8.98 Å². The van der Waals surface area contributed by atoms with Gasteiger partial charge in [0.2, 0.25) is 5.89 Å². The Kier molecular flexibility index (Phi) is 15.9. The lowest BCUT2D eigenvalue weighted by Crippen LogP contribution is -2.24.